The number of nitrogens with one attached hydrogen (secondary N) is 1. The zero-order valence-electron chi connectivity index (χ0n) is 14.3. The fourth-order valence-electron chi connectivity index (χ4n) is 2.52. The maximum Gasteiger partial charge on any atom is 0.416 e. The van der Waals surface area contributed by atoms with E-state index in [1.165, 1.54) is 43.5 Å². The second kappa shape index (κ2) is 7.47. The van der Waals surface area contributed by atoms with Gasteiger partial charge in [0, 0.05) is 0 Å². The third kappa shape index (κ3) is 4.07. The molecule has 0 aliphatic rings. The smallest absolute Gasteiger partial charge is 0.416 e. The highest BCUT2D eigenvalue weighted by atomic mass is 35.5. The number of carbonyl (C=O) groups is 1. The molecule has 1 aromatic heterocycles. The topological polar surface area (TPSA) is 72.1 Å². The molecule has 0 radical (unpaired) electrons. The highest BCUT2D eigenvalue weighted by Crippen LogP contribution is 2.30. The Hall–Kier alpha value is -3.13. The maximum absolute atomic E-state index is 12.8. The first-order valence-electron chi connectivity index (χ1n) is 7.86. The van der Waals surface area contributed by atoms with Crippen molar-refractivity contribution in [3.05, 3.63) is 75.3 Å². The first-order valence-corrected chi connectivity index (χ1v) is 8.24. The molecule has 0 amide bonds. The van der Waals surface area contributed by atoms with Crippen LogP contribution in [0, 0.1) is 0 Å². The van der Waals surface area contributed by atoms with Crippen LogP contribution in [0.1, 0.15) is 27.3 Å². The highest BCUT2D eigenvalue weighted by Gasteiger charge is 2.30. The third-order valence-electron chi connectivity index (χ3n) is 3.86. The van der Waals surface area contributed by atoms with Crippen molar-refractivity contribution in [2.45, 2.75) is 6.18 Å². The number of fused-ring (bicyclic) bond motifs is 1. The molecule has 0 atom stereocenters. The SMILES string of the molecule is COC(=O)c1ccc2c(=O)[nH]c(/C(Cl)=C/c3cccc(C(F)(F)F)c3)nc2c1. The molecule has 0 bridgehead atoms. The molecule has 28 heavy (non-hydrogen) atoms. The van der Waals surface area contributed by atoms with E-state index in [1.807, 2.05) is 0 Å². The lowest BCUT2D eigenvalue weighted by Crippen LogP contribution is -2.11. The Kier molecular flexibility index (Phi) is 5.24. The predicted octanol–water partition coefficient (Wildman–Crippen LogP) is 4.47. The summed E-state index contributed by atoms with van der Waals surface area (Å²) in [5, 5.41) is 0.154. The number of carbonyl (C=O) groups excluding carboxylic acids is 1. The van der Waals surface area contributed by atoms with Crippen LogP contribution < -0.4 is 5.56 Å². The van der Waals surface area contributed by atoms with Crippen LogP contribution in [0.4, 0.5) is 13.2 Å². The number of rotatable bonds is 3. The first-order chi connectivity index (χ1) is 13.2. The fourth-order valence-corrected chi connectivity index (χ4v) is 2.73. The number of aromatic nitrogens is 2. The summed E-state index contributed by atoms with van der Waals surface area (Å²) in [6.07, 6.45) is -3.23. The molecule has 1 N–H and O–H groups in total. The summed E-state index contributed by atoms with van der Waals surface area (Å²) in [6.45, 7) is 0. The number of halogens is 4. The number of benzene rings is 2. The third-order valence-corrected chi connectivity index (χ3v) is 4.15. The number of ether oxygens (including phenoxy) is 1. The molecule has 2 aromatic carbocycles. The van der Waals surface area contributed by atoms with Gasteiger partial charge in [-0.3, -0.25) is 4.79 Å². The van der Waals surface area contributed by atoms with Crippen LogP contribution in [0.2, 0.25) is 0 Å². The Morgan fingerprint density at radius 3 is 2.64 bits per heavy atom. The molecule has 0 aliphatic carbocycles. The molecule has 0 fully saturated rings. The number of H-pyrrole nitrogens is 1. The van der Waals surface area contributed by atoms with Gasteiger partial charge in [-0.2, -0.15) is 13.2 Å². The van der Waals surface area contributed by atoms with Crippen LogP contribution in [0.3, 0.4) is 0 Å². The quantitative estimate of drug-likeness (QED) is 0.649. The van der Waals surface area contributed by atoms with Gasteiger partial charge in [0.25, 0.3) is 5.56 Å². The lowest BCUT2D eigenvalue weighted by atomic mass is 10.1. The van der Waals surface area contributed by atoms with Crippen molar-refractivity contribution >= 4 is 39.6 Å². The minimum Gasteiger partial charge on any atom is -0.465 e. The summed E-state index contributed by atoms with van der Waals surface area (Å²) < 4.78 is 43.1. The average molecular weight is 409 g/mol. The van der Waals surface area contributed by atoms with Crippen LogP contribution in [0.5, 0.6) is 0 Å². The summed E-state index contributed by atoms with van der Waals surface area (Å²) in [7, 11) is 1.22. The van der Waals surface area contributed by atoms with Crippen molar-refractivity contribution in [3.8, 4) is 0 Å². The van der Waals surface area contributed by atoms with Gasteiger partial charge in [0.15, 0.2) is 5.82 Å². The summed E-state index contributed by atoms with van der Waals surface area (Å²) in [5.74, 6) is -0.644. The second-order valence-corrected chi connectivity index (χ2v) is 6.16. The van der Waals surface area contributed by atoms with Crippen molar-refractivity contribution in [2.24, 2.45) is 0 Å². The van der Waals surface area contributed by atoms with Gasteiger partial charge in [-0.05, 0) is 42.0 Å². The van der Waals surface area contributed by atoms with Crippen molar-refractivity contribution < 1.29 is 22.7 Å². The molecule has 5 nitrogen and oxygen atoms in total. The number of hydrogen-bond donors (Lipinski definition) is 1. The Morgan fingerprint density at radius 1 is 1.21 bits per heavy atom. The summed E-state index contributed by atoms with van der Waals surface area (Å²) in [5.41, 5.74) is -0.763. The molecule has 144 valence electrons. The maximum atomic E-state index is 12.8. The minimum atomic E-state index is -4.49. The largest absolute Gasteiger partial charge is 0.465 e. The van der Waals surface area contributed by atoms with Crippen molar-refractivity contribution in [1.82, 2.24) is 9.97 Å². The molecule has 9 heteroatoms. The monoisotopic (exact) mass is 408 g/mol. The van der Waals surface area contributed by atoms with Gasteiger partial charge < -0.3 is 9.72 Å². The van der Waals surface area contributed by atoms with E-state index in [0.29, 0.717) is 0 Å². The molecule has 0 saturated carbocycles. The van der Waals surface area contributed by atoms with Crippen LogP contribution in [-0.4, -0.2) is 23.0 Å². The normalized spacial score (nSPS) is 12.2. The molecule has 0 aliphatic heterocycles. The van der Waals surface area contributed by atoms with E-state index >= 15 is 0 Å². The van der Waals surface area contributed by atoms with Crippen LogP contribution >= 0.6 is 11.6 Å². The van der Waals surface area contributed by atoms with Crippen molar-refractivity contribution in [3.63, 3.8) is 0 Å². The van der Waals surface area contributed by atoms with Gasteiger partial charge in [0.2, 0.25) is 0 Å². The first kappa shape index (κ1) is 19.6. The van der Waals surface area contributed by atoms with E-state index < -0.39 is 23.3 Å². The number of nitrogens with zero attached hydrogens (tertiary/aromatic N) is 1. The number of aromatic amines is 1. The summed E-state index contributed by atoms with van der Waals surface area (Å²) in [4.78, 5) is 30.6. The van der Waals surface area contributed by atoms with E-state index in [4.69, 9.17) is 11.6 Å². The van der Waals surface area contributed by atoms with Gasteiger partial charge in [-0.25, -0.2) is 9.78 Å². The molecular formula is C19H12ClF3N2O3. The van der Waals surface area contributed by atoms with Gasteiger partial charge in [-0.1, -0.05) is 23.7 Å². The molecule has 3 rings (SSSR count). The standard InChI is InChI=1S/C19H12ClF3N2O3/c1-28-18(27)11-5-6-13-15(9-11)24-16(25-17(13)26)14(20)8-10-3-2-4-12(7-10)19(21,22)23/h2-9H,1H3,(H,24,25,26)/b14-8-. The van der Waals surface area contributed by atoms with E-state index in [9.17, 15) is 22.8 Å². The second-order valence-electron chi connectivity index (χ2n) is 5.75. The lowest BCUT2D eigenvalue weighted by molar-refractivity contribution is -0.137. The predicted molar refractivity (Wildman–Crippen MR) is 98.9 cm³/mol. The van der Waals surface area contributed by atoms with Gasteiger partial charge in [0.05, 0.1) is 34.2 Å². The summed E-state index contributed by atoms with van der Waals surface area (Å²) >= 11 is 6.16. The van der Waals surface area contributed by atoms with E-state index in [-0.39, 0.29) is 32.9 Å². The molecule has 3 aromatic rings. The zero-order valence-corrected chi connectivity index (χ0v) is 15.1. The number of hydrogen-bond acceptors (Lipinski definition) is 4. The van der Waals surface area contributed by atoms with Crippen LogP contribution in [0.15, 0.2) is 47.3 Å². The van der Waals surface area contributed by atoms with Crippen LogP contribution in [0.25, 0.3) is 22.0 Å². The van der Waals surface area contributed by atoms with E-state index in [1.54, 1.807) is 0 Å². The van der Waals surface area contributed by atoms with E-state index in [2.05, 4.69) is 14.7 Å². The number of esters is 1. The minimum absolute atomic E-state index is 0.0430. The van der Waals surface area contributed by atoms with Gasteiger partial charge in [0.1, 0.15) is 0 Å². The molecular weight excluding hydrogens is 397 g/mol. The molecule has 1 heterocycles. The lowest BCUT2D eigenvalue weighted by Gasteiger charge is -2.07. The molecule has 0 unspecified atom stereocenters. The fraction of sp³-hybridized carbons (Fsp3) is 0.105. The van der Waals surface area contributed by atoms with Gasteiger partial charge in [-0.15, -0.1) is 0 Å². The number of alkyl halides is 3. The molecule has 0 saturated heterocycles. The van der Waals surface area contributed by atoms with Crippen LogP contribution in [-0.2, 0) is 10.9 Å². The Morgan fingerprint density at radius 2 is 1.96 bits per heavy atom. The Bertz CT molecular complexity index is 1150. The average Bonchev–Trinajstić information content (AvgIpc) is 2.66. The molecule has 0 spiro atoms. The van der Waals surface area contributed by atoms with Crippen molar-refractivity contribution in [1.29, 1.82) is 0 Å². The summed E-state index contributed by atoms with van der Waals surface area (Å²) in [6, 6.07) is 8.76. The van der Waals surface area contributed by atoms with Gasteiger partial charge >= 0.3 is 12.1 Å². The Balaban J connectivity index is 2.06. The highest BCUT2D eigenvalue weighted by molar-refractivity contribution is 6.50. The van der Waals surface area contributed by atoms with Crippen molar-refractivity contribution in [2.75, 3.05) is 7.11 Å². The number of methoxy groups -OCH3 is 1. The zero-order chi connectivity index (χ0) is 20.5. The van der Waals surface area contributed by atoms with E-state index in [0.717, 1.165) is 12.1 Å². The Labute approximate surface area is 161 Å².